The van der Waals surface area contributed by atoms with E-state index in [2.05, 4.69) is 0 Å². The summed E-state index contributed by atoms with van der Waals surface area (Å²) in [6.07, 6.45) is 3.30. The summed E-state index contributed by atoms with van der Waals surface area (Å²) in [7, 11) is 0. The van der Waals surface area contributed by atoms with Gasteiger partial charge in [0, 0.05) is 23.2 Å². The molecule has 3 fully saturated rings. The Bertz CT molecular complexity index is 994. The topological polar surface area (TPSA) is 80.7 Å². The van der Waals surface area contributed by atoms with Crippen LogP contribution in [0.2, 0.25) is 0 Å². The number of rotatable bonds is 5. The van der Waals surface area contributed by atoms with Crippen LogP contribution in [0.1, 0.15) is 66.2 Å². The minimum absolute atomic E-state index is 0.0145. The number of aliphatic hydroxyl groups is 1. The monoisotopic (exact) mass is 498 g/mol. The molecule has 0 saturated heterocycles. The third-order valence-electron chi connectivity index (χ3n) is 9.54. The van der Waals surface area contributed by atoms with Crippen molar-refractivity contribution < 1.29 is 33.0 Å². The number of hydrogen-bond acceptors (Lipinski definition) is 5. The third kappa shape index (κ3) is 2.95. The quantitative estimate of drug-likeness (QED) is 0.435. The molecular weight excluding hydrogens is 466 g/mol. The number of carbonyl (C=O) groups is 3. The Kier molecular flexibility index (Phi) is 6.17. The number of allylic oxidation sites excluding steroid dienone is 4. The van der Waals surface area contributed by atoms with Crippen LogP contribution < -0.4 is 0 Å². The Labute approximate surface area is 203 Å². The van der Waals surface area contributed by atoms with Crippen molar-refractivity contribution in [2.75, 3.05) is 6.67 Å². The summed E-state index contributed by atoms with van der Waals surface area (Å²) in [5.74, 6) is -4.01. The molecule has 8 atom stereocenters. The predicted molar refractivity (Wildman–Crippen MR) is 122 cm³/mol. The van der Waals surface area contributed by atoms with E-state index < -0.39 is 63.4 Å². The number of alkyl halides is 2. The molecule has 0 aliphatic heterocycles. The van der Waals surface area contributed by atoms with Crippen LogP contribution in [0, 0.1) is 28.6 Å². The van der Waals surface area contributed by atoms with Gasteiger partial charge in [0.05, 0.1) is 11.0 Å². The molecule has 0 heterocycles. The normalized spacial score (nSPS) is 45.5. The number of carbonyl (C=O) groups excluding carboxylic acids is 3. The van der Waals surface area contributed by atoms with Gasteiger partial charge < -0.3 is 9.84 Å². The molecular formula is C26H33ClF2O5. The molecule has 34 heavy (non-hydrogen) atoms. The number of aliphatic hydroxyl groups excluding tert-OH is 1. The lowest BCUT2D eigenvalue weighted by atomic mass is 9.45. The van der Waals surface area contributed by atoms with E-state index >= 15 is 0 Å². The Morgan fingerprint density at radius 1 is 1.29 bits per heavy atom. The number of ketones is 2. The van der Waals surface area contributed by atoms with E-state index in [1.165, 1.54) is 6.08 Å². The fourth-order valence-electron chi connectivity index (χ4n) is 8.01. The van der Waals surface area contributed by atoms with Gasteiger partial charge in [-0.15, -0.1) is 11.6 Å². The van der Waals surface area contributed by atoms with Gasteiger partial charge in [0.15, 0.2) is 18.1 Å². The molecule has 0 aromatic rings. The second-order valence-electron chi connectivity index (χ2n) is 11.0. The van der Waals surface area contributed by atoms with Crippen LogP contribution in [0.15, 0.2) is 23.6 Å². The molecule has 0 aromatic carbocycles. The molecule has 0 aromatic heterocycles. The third-order valence-corrected chi connectivity index (χ3v) is 10.5. The van der Waals surface area contributed by atoms with E-state index in [4.69, 9.17) is 16.3 Å². The van der Waals surface area contributed by atoms with E-state index in [1.54, 1.807) is 26.8 Å². The Morgan fingerprint density at radius 3 is 2.59 bits per heavy atom. The van der Waals surface area contributed by atoms with Gasteiger partial charge in [-0.05, 0) is 55.6 Å². The van der Waals surface area contributed by atoms with Gasteiger partial charge in [-0.3, -0.25) is 14.4 Å². The van der Waals surface area contributed by atoms with E-state index in [0.717, 1.165) is 0 Å². The maximum atomic E-state index is 14.9. The zero-order chi connectivity index (χ0) is 25.3. The molecule has 5 nitrogen and oxygen atoms in total. The van der Waals surface area contributed by atoms with E-state index in [0.29, 0.717) is 24.8 Å². The fourth-order valence-corrected chi connectivity index (χ4v) is 8.53. The first kappa shape index (κ1) is 25.5. The van der Waals surface area contributed by atoms with Gasteiger partial charge in [-0.1, -0.05) is 33.8 Å². The first-order valence-electron chi connectivity index (χ1n) is 12.2. The number of hydrogen-bond donors (Lipinski definition) is 1. The molecule has 1 N–H and O–H groups in total. The highest BCUT2D eigenvalue weighted by molar-refractivity contribution is 6.26. The van der Waals surface area contributed by atoms with Crippen LogP contribution >= 0.6 is 11.6 Å². The molecule has 0 unspecified atom stereocenters. The highest BCUT2D eigenvalue weighted by Crippen LogP contribution is 2.72. The number of halogens is 3. The van der Waals surface area contributed by atoms with Crippen molar-refractivity contribution in [3.63, 3.8) is 0 Å². The summed E-state index contributed by atoms with van der Waals surface area (Å²) < 4.78 is 34.8. The van der Waals surface area contributed by atoms with Crippen molar-refractivity contribution in [2.45, 2.75) is 82.8 Å². The van der Waals surface area contributed by atoms with Crippen molar-refractivity contribution in [1.29, 1.82) is 0 Å². The lowest BCUT2D eigenvalue weighted by molar-refractivity contribution is -0.202. The zero-order valence-corrected chi connectivity index (χ0v) is 20.9. The van der Waals surface area contributed by atoms with Gasteiger partial charge in [-0.2, -0.15) is 0 Å². The summed E-state index contributed by atoms with van der Waals surface area (Å²) in [6.45, 7) is 5.86. The maximum Gasteiger partial charge on any atom is 0.306 e. The smallest absolute Gasteiger partial charge is 0.306 e. The summed E-state index contributed by atoms with van der Waals surface area (Å²) in [6, 6.07) is 0. The van der Waals surface area contributed by atoms with Gasteiger partial charge in [0.25, 0.3) is 0 Å². The second kappa shape index (κ2) is 8.22. The molecule has 0 bridgehead atoms. The molecule has 188 valence electrons. The first-order chi connectivity index (χ1) is 15.8. The number of esters is 1. The minimum atomic E-state index is -1.71. The Hall–Kier alpha value is -1.60. The molecule has 0 spiro atoms. The van der Waals surface area contributed by atoms with Crippen molar-refractivity contribution in [1.82, 2.24) is 0 Å². The number of fused-ring (bicyclic) bond motifs is 5. The molecule has 8 heteroatoms. The van der Waals surface area contributed by atoms with Crippen molar-refractivity contribution in [3.8, 4) is 0 Å². The van der Waals surface area contributed by atoms with Gasteiger partial charge in [0.1, 0.15) is 0 Å². The van der Waals surface area contributed by atoms with Crippen LogP contribution in [0.3, 0.4) is 0 Å². The first-order valence-corrected chi connectivity index (χ1v) is 12.5. The Morgan fingerprint density at radius 2 is 1.97 bits per heavy atom. The Balaban J connectivity index is 1.85. The molecule has 3 saturated carbocycles. The van der Waals surface area contributed by atoms with E-state index in [-0.39, 0.29) is 31.1 Å². The predicted octanol–water partition coefficient (Wildman–Crippen LogP) is 4.79. The van der Waals surface area contributed by atoms with Crippen molar-refractivity contribution >= 4 is 29.1 Å². The van der Waals surface area contributed by atoms with Crippen LogP contribution in [0.5, 0.6) is 0 Å². The van der Waals surface area contributed by atoms with Crippen LogP contribution in [-0.4, -0.2) is 45.9 Å². The SMILES string of the molecule is CCCC(=O)O[C@@]1(C(=O)CF)[C@@H](C)C[C@H]2[C@@H]3CCC4=C(F)C(=O)C=C[C@]4(C)[C@@]3(Cl)[C@@H](O)C[C@@]21C. The largest absolute Gasteiger partial charge is 0.450 e. The maximum absolute atomic E-state index is 14.9. The van der Waals surface area contributed by atoms with Crippen LogP contribution in [-0.2, 0) is 19.1 Å². The molecule has 4 rings (SSSR count). The lowest BCUT2D eigenvalue weighted by Crippen LogP contribution is -2.69. The minimum Gasteiger partial charge on any atom is -0.450 e. The average Bonchev–Trinajstić information content (AvgIpc) is 2.99. The van der Waals surface area contributed by atoms with Crippen LogP contribution in [0.25, 0.3) is 0 Å². The van der Waals surface area contributed by atoms with E-state index in [1.807, 2.05) is 6.92 Å². The highest BCUT2D eigenvalue weighted by Gasteiger charge is 2.76. The molecule has 0 radical (unpaired) electrons. The second-order valence-corrected chi connectivity index (χ2v) is 11.6. The molecule has 4 aliphatic carbocycles. The van der Waals surface area contributed by atoms with Crippen molar-refractivity contribution in [3.05, 3.63) is 23.6 Å². The summed E-state index contributed by atoms with van der Waals surface area (Å²) in [5.41, 5.74) is -3.57. The molecule has 4 aliphatic rings. The summed E-state index contributed by atoms with van der Waals surface area (Å²) in [4.78, 5) is 36.5. The van der Waals surface area contributed by atoms with Gasteiger partial charge in [0.2, 0.25) is 11.6 Å². The highest BCUT2D eigenvalue weighted by atomic mass is 35.5. The summed E-state index contributed by atoms with van der Waals surface area (Å²) in [5, 5.41) is 11.6. The van der Waals surface area contributed by atoms with Gasteiger partial charge >= 0.3 is 5.97 Å². The number of Topliss-reactive ketones (excluding diaryl/α,β-unsaturated/α-hetero) is 1. The van der Waals surface area contributed by atoms with Crippen LogP contribution in [0.4, 0.5) is 8.78 Å². The van der Waals surface area contributed by atoms with Crippen molar-refractivity contribution in [2.24, 2.45) is 28.6 Å². The van der Waals surface area contributed by atoms with Gasteiger partial charge in [-0.25, -0.2) is 8.78 Å². The number of ether oxygens (including phenoxy) is 1. The molecule has 0 amide bonds. The van der Waals surface area contributed by atoms with E-state index in [9.17, 15) is 28.3 Å². The lowest BCUT2D eigenvalue weighted by Gasteiger charge is -2.64. The zero-order valence-electron chi connectivity index (χ0n) is 20.1. The average molecular weight is 499 g/mol. The standard InChI is InChI=1S/C26H33ClF2O5/c1-5-6-21(33)34-26(20(32)13-28)14(2)11-17-15-7-8-16-22(29)18(30)9-10-23(16,3)25(15,27)19(31)12-24(17,26)4/h9-10,14-15,17,19,31H,5-8,11-13H2,1-4H3/t14-,15-,17-,19-,23-,24-,25-,26+/m0/s1. The fraction of sp³-hybridized carbons (Fsp3) is 0.731. The summed E-state index contributed by atoms with van der Waals surface area (Å²) >= 11 is 7.31.